The van der Waals surface area contributed by atoms with Gasteiger partial charge in [-0.1, -0.05) is 46.0 Å². The number of rotatable bonds is 10. The largest absolute Gasteiger partial charge is 1.00 e. The maximum atomic E-state index is 11.1. The molecule has 0 amide bonds. The van der Waals surface area contributed by atoms with E-state index in [4.69, 9.17) is 0 Å². The van der Waals surface area contributed by atoms with Gasteiger partial charge in [-0.15, -0.1) is 0 Å². The third kappa shape index (κ3) is 11.3. The molecule has 0 radical (unpaired) electrons. The first-order valence-corrected chi connectivity index (χ1v) is 8.01. The van der Waals surface area contributed by atoms with Gasteiger partial charge in [0.05, 0.1) is 21.5 Å². The van der Waals surface area contributed by atoms with Crippen LogP contribution in [0.4, 0.5) is 0 Å². The fraction of sp³-hybridized carbons (Fsp3) is 1.00. The normalized spacial score (nSPS) is 14.9. The van der Waals surface area contributed by atoms with Crippen molar-refractivity contribution in [2.75, 3.05) is 0 Å². The summed E-state index contributed by atoms with van der Waals surface area (Å²) in [5.41, 5.74) is 0. The number of aliphatic hydroxyl groups excluding tert-OH is 1. The summed E-state index contributed by atoms with van der Waals surface area (Å²) in [6.07, 6.45) is 4.87. The van der Waals surface area contributed by atoms with Crippen molar-refractivity contribution in [1.29, 1.82) is 0 Å². The first kappa shape index (κ1) is 21.8. The van der Waals surface area contributed by atoms with Crippen molar-refractivity contribution in [3.8, 4) is 0 Å². The Kier molecular flexibility index (Phi) is 14.9. The predicted molar refractivity (Wildman–Crippen MR) is 67.8 cm³/mol. The van der Waals surface area contributed by atoms with E-state index < -0.39 is 21.5 Å². The quantitative estimate of drug-likeness (QED) is 0.333. The Morgan fingerprint density at radius 3 is 2.06 bits per heavy atom. The molecule has 0 aromatic carbocycles. The van der Waals surface area contributed by atoms with E-state index in [2.05, 4.69) is 0 Å². The minimum Gasteiger partial charge on any atom is -0.748 e. The fourth-order valence-corrected chi connectivity index (χ4v) is 2.78. The summed E-state index contributed by atoms with van der Waals surface area (Å²) in [6, 6.07) is 0. The molecular weight excluding hydrogens is 279 g/mol. The molecule has 2 atom stereocenters. The zero-order valence-corrected chi connectivity index (χ0v) is 15.8. The Morgan fingerprint density at radius 2 is 1.61 bits per heavy atom. The molecular formula is C12H25KO4S. The summed E-state index contributed by atoms with van der Waals surface area (Å²) in [5, 5.41) is 8.75. The van der Waals surface area contributed by atoms with Crippen LogP contribution in [0.2, 0.25) is 0 Å². The standard InChI is InChI=1S/C12H26O4S.K/c1-3-5-7-9-12(17(14,15)16)10-11(13)8-6-4-2;/h11-13H,3-10H2,1-2H3,(H,14,15,16);/q;+1/p-1. The summed E-state index contributed by atoms with van der Waals surface area (Å²) < 4.78 is 33.2. The molecule has 0 fully saturated rings. The van der Waals surface area contributed by atoms with Gasteiger partial charge in [-0.05, 0) is 19.3 Å². The van der Waals surface area contributed by atoms with Gasteiger partial charge in [0.15, 0.2) is 0 Å². The summed E-state index contributed by atoms with van der Waals surface area (Å²) in [4.78, 5) is 0. The van der Waals surface area contributed by atoms with Gasteiger partial charge >= 0.3 is 51.4 Å². The van der Waals surface area contributed by atoms with Crippen molar-refractivity contribution in [3.05, 3.63) is 0 Å². The SMILES string of the molecule is CCCCCC(CC(O)CCCC)S(=O)(=O)[O-].[K+]. The second-order valence-corrected chi connectivity index (χ2v) is 6.29. The topological polar surface area (TPSA) is 77.4 Å². The minimum atomic E-state index is -4.28. The molecule has 0 rings (SSSR count). The van der Waals surface area contributed by atoms with Gasteiger partial charge in [0, 0.05) is 0 Å². The van der Waals surface area contributed by atoms with Gasteiger partial charge in [-0.25, -0.2) is 8.42 Å². The number of unbranched alkanes of at least 4 members (excludes halogenated alkanes) is 3. The fourth-order valence-electron chi connectivity index (χ4n) is 1.86. The van der Waals surface area contributed by atoms with Gasteiger partial charge in [-0.3, -0.25) is 0 Å². The minimum absolute atomic E-state index is 0. The molecule has 1 N–H and O–H groups in total. The third-order valence-electron chi connectivity index (χ3n) is 2.96. The zero-order valence-electron chi connectivity index (χ0n) is 11.9. The van der Waals surface area contributed by atoms with Gasteiger partial charge in [0.25, 0.3) is 0 Å². The van der Waals surface area contributed by atoms with E-state index in [-0.39, 0.29) is 57.8 Å². The molecule has 0 aliphatic heterocycles. The smallest absolute Gasteiger partial charge is 0.748 e. The van der Waals surface area contributed by atoms with Gasteiger partial charge < -0.3 is 9.66 Å². The number of aliphatic hydroxyl groups is 1. The van der Waals surface area contributed by atoms with Crippen LogP contribution >= 0.6 is 0 Å². The maximum absolute atomic E-state index is 11.1. The second kappa shape index (κ2) is 12.3. The van der Waals surface area contributed by atoms with Crippen molar-refractivity contribution in [2.45, 2.75) is 76.6 Å². The summed E-state index contributed by atoms with van der Waals surface area (Å²) >= 11 is 0. The molecule has 6 heteroatoms. The molecule has 4 nitrogen and oxygen atoms in total. The van der Waals surface area contributed by atoms with Crippen molar-refractivity contribution in [1.82, 2.24) is 0 Å². The Balaban J connectivity index is 0. The average molecular weight is 304 g/mol. The molecule has 104 valence electrons. The van der Waals surface area contributed by atoms with Crippen molar-refractivity contribution in [2.24, 2.45) is 0 Å². The molecule has 0 spiro atoms. The molecule has 0 saturated carbocycles. The van der Waals surface area contributed by atoms with Crippen LogP contribution < -0.4 is 51.4 Å². The Labute approximate surface area is 154 Å². The van der Waals surface area contributed by atoms with Crippen LogP contribution in [0.15, 0.2) is 0 Å². The van der Waals surface area contributed by atoms with Crippen LogP contribution in [0.1, 0.15) is 65.2 Å². The van der Waals surface area contributed by atoms with Crippen LogP contribution in [0.25, 0.3) is 0 Å². The van der Waals surface area contributed by atoms with Crippen LogP contribution in [0.5, 0.6) is 0 Å². The van der Waals surface area contributed by atoms with Crippen LogP contribution in [0, 0.1) is 0 Å². The molecule has 0 saturated heterocycles. The monoisotopic (exact) mass is 304 g/mol. The van der Waals surface area contributed by atoms with Gasteiger partial charge in [0.1, 0.15) is 0 Å². The molecule has 0 aromatic heterocycles. The van der Waals surface area contributed by atoms with Gasteiger partial charge in [0.2, 0.25) is 0 Å². The van der Waals surface area contributed by atoms with Crippen LogP contribution in [0.3, 0.4) is 0 Å². The summed E-state index contributed by atoms with van der Waals surface area (Å²) in [7, 11) is -4.28. The van der Waals surface area contributed by atoms with Crippen molar-refractivity contribution in [3.63, 3.8) is 0 Å². The van der Waals surface area contributed by atoms with Gasteiger partial charge in [-0.2, -0.15) is 0 Å². The Bertz CT molecular complexity index is 280. The predicted octanol–water partition coefficient (Wildman–Crippen LogP) is -0.574. The first-order valence-electron chi connectivity index (χ1n) is 6.54. The summed E-state index contributed by atoms with van der Waals surface area (Å²) in [6.45, 7) is 4.03. The van der Waals surface area contributed by atoms with E-state index in [1.165, 1.54) is 0 Å². The molecule has 18 heavy (non-hydrogen) atoms. The van der Waals surface area contributed by atoms with E-state index in [9.17, 15) is 18.1 Å². The molecule has 0 heterocycles. The van der Waals surface area contributed by atoms with Crippen molar-refractivity contribution < 1.29 is 69.5 Å². The molecule has 0 aliphatic carbocycles. The number of hydrogen-bond donors (Lipinski definition) is 1. The molecule has 0 aliphatic rings. The Hall–Kier alpha value is 1.51. The second-order valence-electron chi connectivity index (χ2n) is 4.64. The van der Waals surface area contributed by atoms with E-state index in [0.717, 1.165) is 32.1 Å². The van der Waals surface area contributed by atoms with Crippen LogP contribution in [-0.2, 0) is 10.1 Å². The van der Waals surface area contributed by atoms with E-state index in [1.807, 2.05) is 13.8 Å². The zero-order chi connectivity index (χ0) is 13.3. The molecule has 0 aromatic rings. The maximum Gasteiger partial charge on any atom is 1.00 e. The van der Waals surface area contributed by atoms with E-state index in [0.29, 0.717) is 12.8 Å². The molecule has 0 bridgehead atoms. The average Bonchev–Trinajstić information content (AvgIpc) is 2.24. The summed E-state index contributed by atoms with van der Waals surface area (Å²) in [5.74, 6) is 0. The first-order chi connectivity index (χ1) is 7.91. The van der Waals surface area contributed by atoms with Crippen LogP contribution in [-0.4, -0.2) is 29.4 Å². The van der Waals surface area contributed by atoms with E-state index in [1.54, 1.807) is 0 Å². The van der Waals surface area contributed by atoms with E-state index >= 15 is 0 Å². The Morgan fingerprint density at radius 1 is 1.06 bits per heavy atom. The number of hydrogen-bond acceptors (Lipinski definition) is 4. The van der Waals surface area contributed by atoms with Crippen molar-refractivity contribution >= 4 is 10.1 Å². The molecule has 2 unspecified atom stereocenters. The third-order valence-corrected chi connectivity index (χ3v) is 4.21.